The summed E-state index contributed by atoms with van der Waals surface area (Å²) >= 11 is 0. The third-order valence-electron chi connectivity index (χ3n) is 6.04. The van der Waals surface area contributed by atoms with Gasteiger partial charge in [0.1, 0.15) is 17.5 Å². The monoisotopic (exact) mass is 433 g/mol. The topological polar surface area (TPSA) is 55.7 Å². The summed E-state index contributed by atoms with van der Waals surface area (Å²) in [6, 6.07) is 17.5. The fourth-order valence-corrected chi connectivity index (χ4v) is 4.22. The lowest BCUT2D eigenvalue weighted by molar-refractivity contribution is 0.180. The lowest BCUT2D eigenvalue weighted by Crippen LogP contribution is -2.44. The molecule has 1 atom stereocenters. The molecule has 6 heteroatoms. The molecule has 4 rings (SSSR count). The van der Waals surface area contributed by atoms with Crippen LogP contribution in [-0.2, 0) is 12.0 Å². The molecule has 168 valence electrons. The molecule has 0 radical (unpaired) electrons. The van der Waals surface area contributed by atoms with Gasteiger partial charge in [-0.25, -0.2) is 4.79 Å². The molecule has 1 aromatic heterocycles. The number of methoxy groups -OCH3 is 2. The van der Waals surface area contributed by atoms with Gasteiger partial charge in [0.25, 0.3) is 0 Å². The molecular weight excluding hydrogens is 402 g/mol. The molecule has 2 heterocycles. The van der Waals surface area contributed by atoms with Crippen molar-refractivity contribution >= 4 is 11.7 Å². The first kappa shape index (κ1) is 21.8. The maximum atomic E-state index is 13.4. The molecule has 1 unspecified atom stereocenters. The molecule has 0 aliphatic carbocycles. The number of urea groups is 1. The van der Waals surface area contributed by atoms with Crippen LogP contribution in [0.25, 0.3) is 0 Å². The predicted molar refractivity (Wildman–Crippen MR) is 127 cm³/mol. The Kier molecular flexibility index (Phi) is 5.87. The third kappa shape index (κ3) is 4.17. The van der Waals surface area contributed by atoms with E-state index in [0.29, 0.717) is 18.0 Å². The molecule has 0 bridgehead atoms. The van der Waals surface area contributed by atoms with Crippen LogP contribution < -0.4 is 14.8 Å². The standard InChI is InChI=1S/C26H31N3O3/c1-26(2,3)18-8-10-19(11-9-18)27-25(30)29-16-15-28-14-6-7-22(28)24(29)21-13-12-20(31-4)17-23(21)32-5/h6-14,17,24H,15-16H2,1-5H3,(H,27,30). The molecule has 0 fully saturated rings. The number of benzene rings is 2. The summed E-state index contributed by atoms with van der Waals surface area (Å²) in [5.41, 5.74) is 4.05. The van der Waals surface area contributed by atoms with Gasteiger partial charge < -0.3 is 24.3 Å². The van der Waals surface area contributed by atoms with E-state index < -0.39 is 0 Å². The fraction of sp³-hybridized carbons (Fsp3) is 0.346. The molecular formula is C26H31N3O3. The minimum Gasteiger partial charge on any atom is -0.497 e. The second-order valence-electron chi connectivity index (χ2n) is 9.09. The number of fused-ring (bicyclic) bond motifs is 1. The average Bonchev–Trinajstić information content (AvgIpc) is 3.26. The van der Waals surface area contributed by atoms with E-state index in [9.17, 15) is 4.79 Å². The Balaban J connectivity index is 1.66. The summed E-state index contributed by atoms with van der Waals surface area (Å²) in [6.07, 6.45) is 2.05. The van der Waals surface area contributed by atoms with Crippen LogP contribution in [-0.4, -0.2) is 36.3 Å². The number of aromatic nitrogens is 1. The van der Waals surface area contributed by atoms with E-state index in [0.717, 1.165) is 23.5 Å². The van der Waals surface area contributed by atoms with E-state index in [1.165, 1.54) is 5.56 Å². The number of amides is 2. The highest BCUT2D eigenvalue weighted by Gasteiger charge is 2.34. The smallest absolute Gasteiger partial charge is 0.322 e. The van der Waals surface area contributed by atoms with E-state index in [2.05, 4.69) is 55.1 Å². The first-order valence-electron chi connectivity index (χ1n) is 10.9. The molecule has 6 nitrogen and oxygen atoms in total. The third-order valence-corrected chi connectivity index (χ3v) is 6.04. The van der Waals surface area contributed by atoms with Gasteiger partial charge >= 0.3 is 6.03 Å². The van der Waals surface area contributed by atoms with Crippen molar-refractivity contribution in [3.63, 3.8) is 0 Å². The van der Waals surface area contributed by atoms with Crippen molar-refractivity contribution in [2.45, 2.75) is 38.8 Å². The van der Waals surface area contributed by atoms with Gasteiger partial charge in [-0.2, -0.15) is 0 Å². The van der Waals surface area contributed by atoms with Crippen LogP contribution >= 0.6 is 0 Å². The summed E-state index contributed by atoms with van der Waals surface area (Å²) in [5.74, 6) is 1.41. The van der Waals surface area contributed by atoms with Crippen molar-refractivity contribution in [3.05, 3.63) is 77.6 Å². The summed E-state index contributed by atoms with van der Waals surface area (Å²) in [4.78, 5) is 15.3. The van der Waals surface area contributed by atoms with Crippen LogP contribution in [0.4, 0.5) is 10.5 Å². The first-order chi connectivity index (χ1) is 15.3. The zero-order valence-electron chi connectivity index (χ0n) is 19.4. The maximum absolute atomic E-state index is 13.4. The minimum atomic E-state index is -0.270. The molecule has 1 N–H and O–H groups in total. The Morgan fingerprint density at radius 2 is 1.75 bits per heavy atom. The van der Waals surface area contributed by atoms with Gasteiger partial charge in [0, 0.05) is 42.3 Å². The van der Waals surface area contributed by atoms with Gasteiger partial charge in [0.05, 0.1) is 14.2 Å². The van der Waals surface area contributed by atoms with Crippen LogP contribution in [0.5, 0.6) is 11.5 Å². The largest absolute Gasteiger partial charge is 0.497 e. The molecule has 0 spiro atoms. The Labute approximate surface area is 189 Å². The molecule has 2 amide bonds. The summed E-state index contributed by atoms with van der Waals surface area (Å²) in [5, 5.41) is 3.09. The normalized spacial score (nSPS) is 15.8. The summed E-state index contributed by atoms with van der Waals surface area (Å²) in [7, 11) is 3.27. The van der Waals surface area contributed by atoms with E-state index in [1.807, 2.05) is 41.3 Å². The van der Waals surface area contributed by atoms with Crippen molar-refractivity contribution in [3.8, 4) is 11.5 Å². The van der Waals surface area contributed by atoms with Crippen molar-refractivity contribution in [2.75, 3.05) is 26.1 Å². The van der Waals surface area contributed by atoms with Crippen molar-refractivity contribution in [1.82, 2.24) is 9.47 Å². The minimum absolute atomic E-state index is 0.0663. The lowest BCUT2D eigenvalue weighted by Gasteiger charge is -2.37. The Morgan fingerprint density at radius 1 is 1.00 bits per heavy atom. The lowest BCUT2D eigenvalue weighted by atomic mass is 9.87. The summed E-state index contributed by atoms with van der Waals surface area (Å²) in [6.45, 7) is 7.87. The molecule has 1 aliphatic heterocycles. The molecule has 2 aromatic carbocycles. The highest BCUT2D eigenvalue weighted by Crippen LogP contribution is 2.39. The second-order valence-corrected chi connectivity index (χ2v) is 9.09. The van der Waals surface area contributed by atoms with Gasteiger partial charge in [-0.05, 0) is 47.4 Å². The van der Waals surface area contributed by atoms with Crippen molar-refractivity contribution in [2.24, 2.45) is 0 Å². The van der Waals surface area contributed by atoms with Gasteiger partial charge in [0.15, 0.2) is 0 Å². The van der Waals surface area contributed by atoms with Gasteiger partial charge in [-0.1, -0.05) is 32.9 Å². The number of hydrogen-bond acceptors (Lipinski definition) is 3. The zero-order valence-corrected chi connectivity index (χ0v) is 19.4. The Morgan fingerprint density at radius 3 is 2.41 bits per heavy atom. The van der Waals surface area contributed by atoms with Crippen molar-refractivity contribution < 1.29 is 14.3 Å². The zero-order chi connectivity index (χ0) is 22.9. The maximum Gasteiger partial charge on any atom is 0.322 e. The highest BCUT2D eigenvalue weighted by molar-refractivity contribution is 5.90. The van der Waals surface area contributed by atoms with Crippen LogP contribution in [0.1, 0.15) is 43.6 Å². The molecule has 0 saturated carbocycles. The van der Waals surface area contributed by atoms with E-state index in [1.54, 1.807) is 14.2 Å². The van der Waals surface area contributed by atoms with Crippen molar-refractivity contribution in [1.29, 1.82) is 0 Å². The SMILES string of the molecule is COc1ccc(C2c3cccn3CCN2C(=O)Nc2ccc(C(C)(C)C)cc2)c(OC)c1. The van der Waals surface area contributed by atoms with Crippen LogP contribution in [0.3, 0.4) is 0 Å². The number of carbonyl (C=O) groups excluding carboxylic acids is 1. The predicted octanol–water partition coefficient (Wildman–Crippen LogP) is 5.44. The first-order valence-corrected chi connectivity index (χ1v) is 10.9. The van der Waals surface area contributed by atoms with Gasteiger partial charge in [-0.15, -0.1) is 0 Å². The number of ether oxygens (including phenoxy) is 2. The van der Waals surface area contributed by atoms with Crippen LogP contribution in [0, 0.1) is 0 Å². The summed E-state index contributed by atoms with van der Waals surface area (Å²) < 4.78 is 13.2. The Bertz CT molecular complexity index is 1100. The average molecular weight is 434 g/mol. The van der Waals surface area contributed by atoms with Gasteiger partial charge in [0.2, 0.25) is 0 Å². The Hall–Kier alpha value is -3.41. The van der Waals surface area contributed by atoms with E-state index >= 15 is 0 Å². The number of nitrogens with zero attached hydrogens (tertiary/aromatic N) is 2. The fourth-order valence-electron chi connectivity index (χ4n) is 4.22. The second kappa shape index (κ2) is 8.61. The number of nitrogens with one attached hydrogen (secondary N) is 1. The quantitative estimate of drug-likeness (QED) is 0.596. The number of rotatable bonds is 4. The van der Waals surface area contributed by atoms with E-state index in [-0.39, 0.29) is 17.5 Å². The van der Waals surface area contributed by atoms with E-state index in [4.69, 9.17) is 9.47 Å². The molecule has 32 heavy (non-hydrogen) atoms. The number of hydrogen-bond donors (Lipinski definition) is 1. The van der Waals surface area contributed by atoms with Gasteiger partial charge in [-0.3, -0.25) is 0 Å². The number of anilines is 1. The number of carbonyl (C=O) groups is 1. The molecule has 3 aromatic rings. The molecule has 1 aliphatic rings. The molecule has 0 saturated heterocycles. The van der Waals surface area contributed by atoms with Crippen LogP contribution in [0.2, 0.25) is 0 Å². The highest BCUT2D eigenvalue weighted by atomic mass is 16.5. The van der Waals surface area contributed by atoms with Crippen LogP contribution in [0.15, 0.2) is 60.8 Å².